The number of aldehydes is 1. The van der Waals surface area contributed by atoms with Crippen molar-refractivity contribution in [1.29, 1.82) is 0 Å². The van der Waals surface area contributed by atoms with Crippen LogP contribution >= 0.6 is 11.3 Å². The highest BCUT2D eigenvalue weighted by atomic mass is 32.1. The lowest BCUT2D eigenvalue weighted by Gasteiger charge is -2.08. The smallest absolute Gasteiger partial charge is 0.160 e. The second kappa shape index (κ2) is 6.34. The number of pyridine rings is 1. The molecule has 27 heavy (non-hydrogen) atoms. The zero-order chi connectivity index (χ0) is 18.2. The Bertz CT molecular complexity index is 1290. The van der Waals surface area contributed by atoms with Crippen molar-refractivity contribution in [2.45, 2.75) is 0 Å². The van der Waals surface area contributed by atoms with Gasteiger partial charge in [0.1, 0.15) is 0 Å². The number of hydrogen-bond donors (Lipinski definition) is 2. The van der Waals surface area contributed by atoms with Crippen LogP contribution in [0.1, 0.15) is 9.67 Å². The molecule has 5 rings (SSSR count). The second-order valence-electron chi connectivity index (χ2n) is 6.25. The predicted molar refractivity (Wildman–Crippen MR) is 110 cm³/mol. The quantitative estimate of drug-likeness (QED) is 0.416. The molecule has 0 aliphatic rings. The van der Waals surface area contributed by atoms with E-state index in [0.29, 0.717) is 0 Å². The Balaban J connectivity index is 1.48. The molecule has 2 aromatic carbocycles. The van der Waals surface area contributed by atoms with E-state index >= 15 is 0 Å². The molecule has 0 spiro atoms. The standard InChI is InChI=1S/C21H14N4OS/c26-12-18-8-14-2-1-13(9-21(14)27-18)20-10-17(5-6-22-20)24-16-3-4-19-15(7-16)11-23-25-19/h1-12H,(H,22,24)(H,23,25). The van der Waals surface area contributed by atoms with Crippen LogP contribution in [0.2, 0.25) is 0 Å². The van der Waals surface area contributed by atoms with E-state index in [-0.39, 0.29) is 0 Å². The summed E-state index contributed by atoms with van der Waals surface area (Å²) in [4.78, 5) is 16.2. The minimum Gasteiger partial charge on any atom is -0.355 e. The first kappa shape index (κ1) is 15.7. The molecule has 0 amide bonds. The fourth-order valence-corrected chi connectivity index (χ4v) is 4.04. The number of benzene rings is 2. The van der Waals surface area contributed by atoms with E-state index in [1.807, 2.05) is 48.7 Å². The summed E-state index contributed by atoms with van der Waals surface area (Å²) >= 11 is 1.49. The highest BCUT2D eigenvalue weighted by molar-refractivity contribution is 7.20. The van der Waals surface area contributed by atoms with Gasteiger partial charge < -0.3 is 5.32 Å². The predicted octanol–water partition coefficient (Wildman–Crippen LogP) is 5.40. The molecule has 5 nitrogen and oxygen atoms in total. The van der Waals surface area contributed by atoms with Gasteiger partial charge in [0.05, 0.1) is 22.3 Å². The molecule has 0 unspecified atom stereocenters. The van der Waals surface area contributed by atoms with Gasteiger partial charge in [0.2, 0.25) is 0 Å². The lowest BCUT2D eigenvalue weighted by Crippen LogP contribution is -1.92. The fourth-order valence-electron chi connectivity index (χ4n) is 3.12. The number of fused-ring (bicyclic) bond motifs is 2. The topological polar surface area (TPSA) is 70.7 Å². The molecule has 3 heterocycles. The second-order valence-corrected chi connectivity index (χ2v) is 7.36. The molecule has 0 saturated carbocycles. The summed E-state index contributed by atoms with van der Waals surface area (Å²) in [6, 6.07) is 18.1. The summed E-state index contributed by atoms with van der Waals surface area (Å²) in [5, 5.41) is 12.6. The number of aromatic nitrogens is 3. The van der Waals surface area contributed by atoms with Crippen molar-refractivity contribution in [3.05, 3.63) is 71.9 Å². The largest absolute Gasteiger partial charge is 0.355 e. The summed E-state index contributed by atoms with van der Waals surface area (Å²) in [5.74, 6) is 0. The van der Waals surface area contributed by atoms with Crippen LogP contribution in [0.15, 0.2) is 67.0 Å². The van der Waals surface area contributed by atoms with Gasteiger partial charge in [0.15, 0.2) is 6.29 Å². The van der Waals surface area contributed by atoms with Gasteiger partial charge in [0, 0.05) is 33.2 Å². The first-order valence-electron chi connectivity index (χ1n) is 8.44. The van der Waals surface area contributed by atoms with Gasteiger partial charge in [-0.25, -0.2) is 0 Å². The van der Waals surface area contributed by atoms with Crippen LogP contribution in [-0.2, 0) is 0 Å². The molecule has 0 atom stereocenters. The molecule has 130 valence electrons. The number of rotatable bonds is 4. The number of aromatic amines is 1. The summed E-state index contributed by atoms with van der Waals surface area (Å²) < 4.78 is 1.08. The minimum atomic E-state index is 0.736. The van der Waals surface area contributed by atoms with Gasteiger partial charge in [-0.2, -0.15) is 5.10 Å². The molecule has 0 aliphatic carbocycles. The number of carbonyl (C=O) groups is 1. The third-order valence-electron chi connectivity index (χ3n) is 4.44. The number of nitrogens with zero attached hydrogens (tertiary/aromatic N) is 2. The maximum absolute atomic E-state index is 11.0. The Morgan fingerprint density at radius 2 is 1.89 bits per heavy atom. The molecule has 0 aliphatic heterocycles. The van der Waals surface area contributed by atoms with Gasteiger partial charge >= 0.3 is 0 Å². The molecule has 0 bridgehead atoms. The van der Waals surface area contributed by atoms with Crippen LogP contribution in [0.3, 0.4) is 0 Å². The van der Waals surface area contributed by atoms with Gasteiger partial charge in [-0.3, -0.25) is 14.9 Å². The Morgan fingerprint density at radius 3 is 2.81 bits per heavy atom. The summed E-state index contributed by atoms with van der Waals surface area (Å²) in [7, 11) is 0. The zero-order valence-electron chi connectivity index (χ0n) is 14.1. The summed E-state index contributed by atoms with van der Waals surface area (Å²) in [6.07, 6.45) is 4.50. The first-order valence-corrected chi connectivity index (χ1v) is 9.25. The van der Waals surface area contributed by atoms with Crippen molar-refractivity contribution in [2.24, 2.45) is 0 Å². The third kappa shape index (κ3) is 2.96. The van der Waals surface area contributed by atoms with Gasteiger partial charge in [-0.1, -0.05) is 12.1 Å². The van der Waals surface area contributed by atoms with Crippen LogP contribution in [0.25, 0.3) is 32.2 Å². The number of thiophene rings is 1. The number of nitrogens with one attached hydrogen (secondary N) is 2. The molecular weight excluding hydrogens is 356 g/mol. The number of anilines is 2. The average Bonchev–Trinajstić information content (AvgIpc) is 3.33. The van der Waals surface area contributed by atoms with Crippen molar-refractivity contribution in [3.8, 4) is 11.3 Å². The van der Waals surface area contributed by atoms with Crippen LogP contribution in [0, 0.1) is 0 Å². The molecule has 3 aromatic heterocycles. The van der Waals surface area contributed by atoms with E-state index in [2.05, 4.69) is 32.6 Å². The Labute approximate surface area is 158 Å². The monoisotopic (exact) mass is 370 g/mol. The van der Waals surface area contributed by atoms with Crippen LogP contribution < -0.4 is 5.32 Å². The summed E-state index contributed by atoms with van der Waals surface area (Å²) in [6.45, 7) is 0. The van der Waals surface area contributed by atoms with Crippen LogP contribution in [0.4, 0.5) is 11.4 Å². The number of H-pyrrole nitrogens is 1. The molecule has 0 radical (unpaired) electrons. The minimum absolute atomic E-state index is 0.736. The molecule has 2 N–H and O–H groups in total. The lowest BCUT2D eigenvalue weighted by atomic mass is 10.1. The highest BCUT2D eigenvalue weighted by Crippen LogP contribution is 2.30. The maximum Gasteiger partial charge on any atom is 0.160 e. The van der Waals surface area contributed by atoms with Gasteiger partial charge in [-0.05, 0) is 47.9 Å². The van der Waals surface area contributed by atoms with E-state index < -0.39 is 0 Å². The lowest BCUT2D eigenvalue weighted by molar-refractivity contribution is 0.112. The first-order chi connectivity index (χ1) is 13.3. The van der Waals surface area contributed by atoms with Gasteiger partial charge in [0.25, 0.3) is 0 Å². The van der Waals surface area contributed by atoms with E-state index in [9.17, 15) is 4.79 Å². The van der Waals surface area contributed by atoms with E-state index in [4.69, 9.17) is 0 Å². The normalized spacial score (nSPS) is 11.1. The van der Waals surface area contributed by atoms with E-state index in [1.54, 1.807) is 6.20 Å². The third-order valence-corrected chi connectivity index (χ3v) is 5.46. The summed E-state index contributed by atoms with van der Waals surface area (Å²) in [5.41, 5.74) is 4.87. The van der Waals surface area contributed by atoms with Crippen LogP contribution in [-0.4, -0.2) is 21.5 Å². The Kier molecular flexibility index (Phi) is 3.69. The van der Waals surface area contributed by atoms with Crippen molar-refractivity contribution < 1.29 is 4.79 Å². The van der Waals surface area contributed by atoms with Crippen molar-refractivity contribution in [3.63, 3.8) is 0 Å². The van der Waals surface area contributed by atoms with Gasteiger partial charge in [-0.15, -0.1) is 11.3 Å². The molecule has 5 aromatic rings. The van der Waals surface area contributed by atoms with E-state index in [0.717, 1.165) is 54.8 Å². The fraction of sp³-hybridized carbons (Fsp3) is 0. The zero-order valence-corrected chi connectivity index (χ0v) is 15.0. The number of hydrogen-bond acceptors (Lipinski definition) is 5. The van der Waals surface area contributed by atoms with Crippen molar-refractivity contribution in [2.75, 3.05) is 5.32 Å². The van der Waals surface area contributed by atoms with Crippen molar-refractivity contribution >= 4 is 50.0 Å². The average molecular weight is 370 g/mol. The SMILES string of the molecule is O=Cc1cc2ccc(-c3cc(Nc4ccc5[nH]ncc5c4)ccn3)cc2s1. The maximum atomic E-state index is 11.0. The number of carbonyl (C=O) groups excluding carboxylic acids is 1. The molecule has 0 fully saturated rings. The molecule has 0 saturated heterocycles. The molecular formula is C21H14N4OS. The van der Waals surface area contributed by atoms with Crippen LogP contribution in [0.5, 0.6) is 0 Å². The highest BCUT2D eigenvalue weighted by Gasteiger charge is 2.06. The molecule has 6 heteroatoms. The Morgan fingerprint density at radius 1 is 0.963 bits per heavy atom. The Hall–Kier alpha value is -3.51. The van der Waals surface area contributed by atoms with Crippen molar-refractivity contribution in [1.82, 2.24) is 15.2 Å². The van der Waals surface area contributed by atoms with E-state index in [1.165, 1.54) is 11.3 Å².